The number of primary amides is 1. The predicted molar refractivity (Wildman–Crippen MR) is 69.9 cm³/mol. The molecule has 1 aromatic rings. The molecule has 0 aliphatic carbocycles. The monoisotopic (exact) mass is 236 g/mol. The summed E-state index contributed by atoms with van der Waals surface area (Å²) in [5.74, 6) is 0.116. The summed E-state index contributed by atoms with van der Waals surface area (Å²) in [6.45, 7) is 7.02. The molecule has 0 unspecified atom stereocenters. The molecule has 4 N–H and O–H groups in total. The maximum absolute atomic E-state index is 11.4. The van der Waals surface area contributed by atoms with E-state index in [9.17, 15) is 4.79 Å². The SMILES string of the molecule is CCCN(c1ncc(N)cc1C(N)=O)C(C)C. The first kappa shape index (κ1) is 13.3. The highest BCUT2D eigenvalue weighted by Crippen LogP contribution is 2.21. The molecule has 0 radical (unpaired) electrons. The third kappa shape index (κ3) is 3.09. The van der Waals surface area contributed by atoms with Gasteiger partial charge in [-0.2, -0.15) is 0 Å². The van der Waals surface area contributed by atoms with Gasteiger partial charge in [0.2, 0.25) is 0 Å². The van der Waals surface area contributed by atoms with Crippen LogP contribution in [0.2, 0.25) is 0 Å². The number of carbonyl (C=O) groups excluding carboxylic acids is 1. The van der Waals surface area contributed by atoms with Crippen LogP contribution in [0.5, 0.6) is 0 Å². The van der Waals surface area contributed by atoms with E-state index in [1.807, 2.05) is 0 Å². The van der Waals surface area contributed by atoms with Crippen LogP contribution in [0.25, 0.3) is 0 Å². The summed E-state index contributed by atoms with van der Waals surface area (Å²) in [5.41, 5.74) is 11.8. The topological polar surface area (TPSA) is 85.2 Å². The van der Waals surface area contributed by atoms with Crippen LogP contribution >= 0.6 is 0 Å². The zero-order valence-electron chi connectivity index (χ0n) is 10.6. The smallest absolute Gasteiger partial charge is 0.252 e. The Morgan fingerprint density at radius 1 is 1.53 bits per heavy atom. The Hall–Kier alpha value is -1.78. The number of nitrogens with zero attached hydrogens (tertiary/aromatic N) is 2. The molecule has 0 saturated carbocycles. The highest BCUT2D eigenvalue weighted by Gasteiger charge is 2.18. The van der Waals surface area contributed by atoms with Crippen LogP contribution in [-0.4, -0.2) is 23.5 Å². The van der Waals surface area contributed by atoms with Gasteiger partial charge in [0, 0.05) is 12.6 Å². The fourth-order valence-electron chi connectivity index (χ4n) is 1.73. The first-order valence-corrected chi connectivity index (χ1v) is 5.79. The lowest BCUT2D eigenvalue weighted by atomic mass is 10.2. The van der Waals surface area contributed by atoms with Crippen molar-refractivity contribution in [1.29, 1.82) is 0 Å². The normalized spacial score (nSPS) is 10.6. The quantitative estimate of drug-likeness (QED) is 0.809. The Kier molecular flexibility index (Phi) is 4.31. The van der Waals surface area contributed by atoms with E-state index in [1.54, 1.807) is 12.3 Å². The molecule has 5 nitrogen and oxygen atoms in total. The molecule has 1 aromatic heterocycles. The molecule has 94 valence electrons. The zero-order chi connectivity index (χ0) is 13.0. The molecule has 0 aliphatic heterocycles. The van der Waals surface area contributed by atoms with Crippen LogP contribution < -0.4 is 16.4 Å². The number of rotatable bonds is 5. The van der Waals surface area contributed by atoms with Crippen LogP contribution in [0, 0.1) is 0 Å². The Morgan fingerprint density at radius 2 is 2.18 bits per heavy atom. The Bertz CT molecular complexity index is 403. The number of nitrogen functional groups attached to an aromatic ring is 1. The molecule has 0 fully saturated rings. The van der Waals surface area contributed by atoms with Crippen LogP contribution in [0.1, 0.15) is 37.6 Å². The summed E-state index contributed by atoms with van der Waals surface area (Å²) >= 11 is 0. The van der Waals surface area contributed by atoms with Gasteiger partial charge in [-0.05, 0) is 26.3 Å². The van der Waals surface area contributed by atoms with Gasteiger partial charge in [-0.1, -0.05) is 6.92 Å². The number of hydrogen-bond donors (Lipinski definition) is 2. The lowest BCUT2D eigenvalue weighted by molar-refractivity contribution is 0.100. The van der Waals surface area contributed by atoms with Crippen molar-refractivity contribution < 1.29 is 4.79 Å². The molecule has 1 rings (SSSR count). The van der Waals surface area contributed by atoms with Gasteiger partial charge in [0.05, 0.1) is 17.4 Å². The Morgan fingerprint density at radius 3 is 2.65 bits per heavy atom. The van der Waals surface area contributed by atoms with E-state index in [0.717, 1.165) is 13.0 Å². The lowest BCUT2D eigenvalue weighted by Crippen LogP contribution is -2.34. The van der Waals surface area contributed by atoms with E-state index in [4.69, 9.17) is 11.5 Å². The van der Waals surface area contributed by atoms with Crippen molar-refractivity contribution in [2.45, 2.75) is 33.2 Å². The minimum Gasteiger partial charge on any atom is -0.397 e. The van der Waals surface area contributed by atoms with Crippen molar-refractivity contribution in [3.8, 4) is 0 Å². The van der Waals surface area contributed by atoms with Gasteiger partial charge in [0.15, 0.2) is 0 Å². The van der Waals surface area contributed by atoms with Crippen molar-refractivity contribution in [2.75, 3.05) is 17.2 Å². The van der Waals surface area contributed by atoms with Crippen molar-refractivity contribution in [1.82, 2.24) is 4.98 Å². The van der Waals surface area contributed by atoms with Gasteiger partial charge in [0.1, 0.15) is 5.82 Å². The molecule has 0 aromatic carbocycles. The first-order chi connectivity index (χ1) is 7.97. The van der Waals surface area contributed by atoms with E-state index in [0.29, 0.717) is 17.1 Å². The Balaban J connectivity index is 3.22. The largest absolute Gasteiger partial charge is 0.397 e. The fraction of sp³-hybridized carbons (Fsp3) is 0.500. The molecule has 0 atom stereocenters. The van der Waals surface area contributed by atoms with E-state index < -0.39 is 5.91 Å². The lowest BCUT2D eigenvalue weighted by Gasteiger charge is -2.28. The van der Waals surface area contributed by atoms with Gasteiger partial charge in [-0.3, -0.25) is 4.79 Å². The standard InChI is InChI=1S/C12H20N4O/c1-4-5-16(8(2)3)12-10(11(14)17)6-9(13)7-15-12/h6-8H,4-5,13H2,1-3H3,(H2,14,17). The molecular formula is C12H20N4O. The van der Waals surface area contributed by atoms with Crippen LogP contribution in [0.15, 0.2) is 12.3 Å². The number of anilines is 2. The number of carbonyl (C=O) groups is 1. The van der Waals surface area contributed by atoms with Gasteiger partial charge in [-0.25, -0.2) is 4.98 Å². The van der Waals surface area contributed by atoms with Crippen LogP contribution in [0.4, 0.5) is 11.5 Å². The summed E-state index contributed by atoms with van der Waals surface area (Å²) < 4.78 is 0. The molecule has 0 aliphatic rings. The van der Waals surface area contributed by atoms with Gasteiger partial charge in [0.25, 0.3) is 5.91 Å². The van der Waals surface area contributed by atoms with E-state index in [2.05, 4.69) is 30.7 Å². The fourth-order valence-corrected chi connectivity index (χ4v) is 1.73. The molecule has 1 amide bonds. The number of aromatic nitrogens is 1. The van der Waals surface area contributed by atoms with Crippen molar-refractivity contribution in [3.05, 3.63) is 17.8 Å². The molecule has 0 spiro atoms. The van der Waals surface area contributed by atoms with E-state index >= 15 is 0 Å². The first-order valence-electron chi connectivity index (χ1n) is 5.79. The molecule has 0 saturated heterocycles. The molecule has 1 heterocycles. The van der Waals surface area contributed by atoms with E-state index in [1.165, 1.54) is 0 Å². The average Bonchev–Trinajstić information content (AvgIpc) is 2.26. The zero-order valence-corrected chi connectivity index (χ0v) is 10.6. The van der Waals surface area contributed by atoms with Gasteiger partial charge in [-0.15, -0.1) is 0 Å². The molecule has 17 heavy (non-hydrogen) atoms. The second kappa shape index (κ2) is 5.52. The van der Waals surface area contributed by atoms with Crippen molar-refractivity contribution >= 4 is 17.4 Å². The second-order valence-corrected chi connectivity index (χ2v) is 4.29. The van der Waals surface area contributed by atoms with Gasteiger partial charge >= 0.3 is 0 Å². The third-order valence-electron chi connectivity index (χ3n) is 2.51. The van der Waals surface area contributed by atoms with Crippen LogP contribution in [0.3, 0.4) is 0 Å². The highest BCUT2D eigenvalue weighted by atomic mass is 16.1. The maximum atomic E-state index is 11.4. The average molecular weight is 236 g/mol. The number of amides is 1. The molecule has 0 bridgehead atoms. The second-order valence-electron chi connectivity index (χ2n) is 4.29. The summed E-state index contributed by atoms with van der Waals surface area (Å²) in [6, 6.07) is 1.83. The highest BCUT2D eigenvalue weighted by molar-refractivity contribution is 5.98. The van der Waals surface area contributed by atoms with Crippen molar-refractivity contribution in [3.63, 3.8) is 0 Å². The minimum absolute atomic E-state index is 0.254. The van der Waals surface area contributed by atoms with Gasteiger partial charge < -0.3 is 16.4 Å². The van der Waals surface area contributed by atoms with Crippen LogP contribution in [-0.2, 0) is 0 Å². The maximum Gasteiger partial charge on any atom is 0.252 e. The summed E-state index contributed by atoms with van der Waals surface area (Å²) in [4.78, 5) is 17.7. The number of hydrogen-bond acceptors (Lipinski definition) is 4. The number of pyridine rings is 1. The molecular weight excluding hydrogens is 216 g/mol. The van der Waals surface area contributed by atoms with E-state index in [-0.39, 0.29) is 6.04 Å². The summed E-state index contributed by atoms with van der Waals surface area (Å²) in [7, 11) is 0. The molecule has 5 heteroatoms. The predicted octanol–water partition coefficient (Wildman–Crippen LogP) is 1.39. The summed E-state index contributed by atoms with van der Waals surface area (Å²) in [6.07, 6.45) is 2.52. The Labute approximate surface area is 102 Å². The summed E-state index contributed by atoms with van der Waals surface area (Å²) in [5, 5.41) is 0. The van der Waals surface area contributed by atoms with Crippen molar-refractivity contribution in [2.24, 2.45) is 5.73 Å². The third-order valence-corrected chi connectivity index (χ3v) is 2.51. The number of nitrogens with two attached hydrogens (primary N) is 2. The minimum atomic E-state index is -0.499.